The standard InChI is InChI=1S/C24H33N5O4S/c1-16(23(30)28-10-6-8-19(28)13-25)14-27-15-20-12-22(27)24(31)29(20)17(2)18-7-5-9-21(11-18)34(32,33)26(3)4/h5,7,9,11,16-17,19-20,22H,6,8,10,12,14-15H2,1-4H3/t16-,17-,19-,20-,22-/m0/s1. The van der Waals surface area contributed by atoms with Crippen LogP contribution in [0.1, 0.15) is 44.7 Å². The number of nitrogens with zero attached hydrogens (tertiary/aromatic N) is 5. The van der Waals surface area contributed by atoms with Gasteiger partial charge in [0.2, 0.25) is 21.8 Å². The lowest BCUT2D eigenvalue weighted by molar-refractivity contribution is -0.142. The number of hydrogen-bond donors (Lipinski definition) is 0. The molecule has 1 aromatic rings. The van der Waals surface area contributed by atoms with Crippen molar-refractivity contribution in [1.29, 1.82) is 5.26 Å². The summed E-state index contributed by atoms with van der Waals surface area (Å²) < 4.78 is 26.3. The first-order chi connectivity index (χ1) is 16.1. The van der Waals surface area contributed by atoms with Gasteiger partial charge in [-0.1, -0.05) is 19.1 Å². The van der Waals surface area contributed by atoms with Gasteiger partial charge in [0, 0.05) is 45.7 Å². The first-order valence-corrected chi connectivity index (χ1v) is 13.3. The summed E-state index contributed by atoms with van der Waals surface area (Å²) in [4.78, 5) is 32.1. The van der Waals surface area contributed by atoms with E-state index in [1.54, 1.807) is 23.1 Å². The predicted octanol–water partition coefficient (Wildman–Crippen LogP) is 1.43. The Balaban J connectivity index is 1.43. The molecule has 34 heavy (non-hydrogen) atoms. The summed E-state index contributed by atoms with van der Waals surface area (Å²) in [6.45, 7) is 5.63. The van der Waals surface area contributed by atoms with E-state index in [4.69, 9.17) is 0 Å². The number of hydrogen-bond acceptors (Lipinski definition) is 6. The van der Waals surface area contributed by atoms with Gasteiger partial charge in [-0.2, -0.15) is 5.26 Å². The first kappa shape index (κ1) is 24.6. The van der Waals surface area contributed by atoms with Crippen LogP contribution >= 0.6 is 0 Å². The van der Waals surface area contributed by atoms with E-state index in [9.17, 15) is 23.3 Å². The Morgan fingerprint density at radius 1 is 1.29 bits per heavy atom. The van der Waals surface area contributed by atoms with E-state index in [-0.39, 0.29) is 46.8 Å². The van der Waals surface area contributed by atoms with Gasteiger partial charge >= 0.3 is 0 Å². The van der Waals surface area contributed by atoms with E-state index >= 15 is 0 Å². The lowest BCUT2D eigenvalue weighted by Gasteiger charge is -2.38. The number of carbonyl (C=O) groups is 2. The quantitative estimate of drug-likeness (QED) is 0.576. The molecule has 2 bridgehead atoms. The molecule has 3 aliphatic rings. The summed E-state index contributed by atoms with van der Waals surface area (Å²) in [5.41, 5.74) is 0.787. The molecular weight excluding hydrogens is 454 g/mol. The van der Waals surface area contributed by atoms with Crippen LogP contribution in [-0.2, 0) is 19.6 Å². The Kier molecular flexibility index (Phi) is 6.73. The highest BCUT2D eigenvalue weighted by Crippen LogP contribution is 2.38. The number of nitriles is 1. The third-order valence-corrected chi connectivity index (χ3v) is 9.28. The van der Waals surface area contributed by atoms with E-state index in [0.717, 1.165) is 18.4 Å². The molecular formula is C24H33N5O4S. The van der Waals surface area contributed by atoms with Crippen LogP contribution in [0.15, 0.2) is 29.2 Å². The lowest BCUT2D eigenvalue weighted by atomic mass is 10.0. The smallest absolute Gasteiger partial charge is 0.242 e. The van der Waals surface area contributed by atoms with Crippen molar-refractivity contribution in [2.24, 2.45) is 5.92 Å². The van der Waals surface area contributed by atoms with Gasteiger partial charge in [-0.05, 0) is 43.9 Å². The molecule has 5 atom stereocenters. The van der Waals surface area contributed by atoms with Gasteiger partial charge in [0.25, 0.3) is 0 Å². The number of piperazine rings is 1. The van der Waals surface area contributed by atoms with Crippen LogP contribution in [0.5, 0.6) is 0 Å². The number of carbonyl (C=O) groups excluding carboxylic acids is 2. The Morgan fingerprint density at radius 2 is 2.03 bits per heavy atom. The zero-order valence-corrected chi connectivity index (χ0v) is 21.0. The molecule has 3 heterocycles. The maximum absolute atomic E-state index is 13.3. The molecule has 184 valence electrons. The SMILES string of the molecule is C[C@@H](CN1C[C@@H]2C[C@H]1C(=O)N2[C@@H](C)c1cccc(S(=O)(=O)N(C)C)c1)C(=O)N1CCC[C@H]1C#N. The van der Waals surface area contributed by atoms with Crippen LogP contribution in [-0.4, -0.2) is 91.1 Å². The van der Waals surface area contributed by atoms with Gasteiger partial charge in [0.15, 0.2) is 0 Å². The van der Waals surface area contributed by atoms with E-state index in [1.807, 2.05) is 24.8 Å². The number of sulfonamides is 1. The summed E-state index contributed by atoms with van der Waals surface area (Å²) in [5.74, 6) is -0.261. The maximum Gasteiger partial charge on any atom is 0.242 e. The van der Waals surface area contributed by atoms with Crippen molar-refractivity contribution in [3.05, 3.63) is 29.8 Å². The van der Waals surface area contributed by atoms with Crippen LogP contribution in [0, 0.1) is 17.2 Å². The zero-order valence-electron chi connectivity index (χ0n) is 20.2. The highest BCUT2D eigenvalue weighted by Gasteiger charge is 2.51. The van der Waals surface area contributed by atoms with Gasteiger partial charge in [-0.3, -0.25) is 14.5 Å². The molecule has 3 saturated heterocycles. The molecule has 9 nitrogen and oxygen atoms in total. The number of likely N-dealkylation sites (tertiary alicyclic amines) is 3. The zero-order chi connectivity index (χ0) is 24.8. The Hall–Kier alpha value is -2.48. The molecule has 0 unspecified atom stereocenters. The van der Waals surface area contributed by atoms with Gasteiger partial charge in [-0.15, -0.1) is 0 Å². The largest absolute Gasteiger partial charge is 0.330 e. The highest BCUT2D eigenvalue weighted by molar-refractivity contribution is 7.89. The van der Waals surface area contributed by atoms with Crippen molar-refractivity contribution in [2.45, 2.75) is 62.2 Å². The normalized spacial score (nSPS) is 26.8. The third kappa shape index (κ3) is 4.21. The fourth-order valence-corrected chi connectivity index (χ4v) is 6.54. The molecule has 0 aromatic heterocycles. The molecule has 2 amide bonds. The average Bonchev–Trinajstić information content (AvgIpc) is 3.52. The summed E-state index contributed by atoms with van der Waals surface area (Å²) in [6.07, 6.45) is 2.30. The van der Waals surface area contributed by atoms with E-state index in [0.29, 0.717) is 26.1 Å². The van der Waals surface area contributed by atoms with Gasteiger partial charge in [0.05, 0.1) is 23.0 Å². The molecule has 3 fully saturated rings. The number of benzene rings is 1. The molecule has 0 saturated carbocycles. The summed E-state index contributed by atoms with van der Waals surface area (Å²) in [7, 11) is -0.560. The minimum Gasteiger partial charge on any atom is -0.330 e. The second-order valence-electron chi connectivity index (χ2n) is 9.86. The fourth-order valence-electron chi connectivity index (χ4n) is 5.58. The van der Waals surface area contributed by atoms with Gasteiger partial charge < -0.3 is 9.80 Å². The van der Waals surface area contributed by atoms with Crippen LogP contribution in [0.3, 0.4) is 0 Å². The van der Waals surface area contributed by atoms with Crippen molar-refractivity contribution >= 4 is 21.8 Å². The molecule has 0 aliphatic carbocycles. The Morgan fingerprint density at radius 3 is 2.68 bits per heavy atom. The predicted molar refractivity (Wildman–Crippen MR) is 126 cm³/mol. The lowest BCUT2D eigenvalue weighted by Crippen LogP contribution is -2.53. The molecule has 10 heteroatoms. The van der Waals surface area contributed by atoms with E-state index in [2.05, 4.69) is 11.0 Å². The van der Waals surface area contributed by atoms with Crippen LogP contribution in [0.4, 0.5) is 0 Å². The first-order valence-electron chi connectivity index (χ1n) is 11.8. The second-order valence-corrected chi connectivity index (χ2v) is 12.0. The molecule has 1 aromatic carbocycles. The molecule has 4 rings (SSSR count). The topological polar surface area (TPSA) is 105 Å². The Bertz CT molecular complexity index is 1110. The minimum absolute atomic E-state index is 0.0107. The monoisotopic (exact) mass is 487 g/mol. The molecule has 3 aliphatic heterocycles. The maximum atomic E-state index is 13.3. The molecule has 0 N–H and O–H groups in total. The van der Waals surface area contributed by atoms with Crippen LogP contribution in [0.25, 0.3) is 0 Å². The minimum atomic E-state index is -3.56. The van der Waals surface area contributed by atoms with Gasteiger partial charge in [-0.25, -0.2) is 12.7 Å². The highest BCUT2D eigenvalue weighted by atomic mass is 32.2. The second kappa shape index (κ2) is 9.29. The fraction of sp³-hybridized carbons (Fsp3) is 0.625. The Labute approximate surface area is 201 Å². The number of fused-ring (bicyclic) bond motifs is 2. The summed E-state index contributed by atoms with van der Waals surface area (Å²) in [6, 6.07) is 8.20. The summed E-state index contributed by atoms with van der Waals surface area (Å²) in [5, 5.41) is 9.30. The van der Waals surface area contributed by atoms with Crippen molar-refractivity contribution in [1.82, 2.24) is 19.0 Å². The molecule has 0 radical (unpaired) electrons. The summed E-state index contributed by atoms with van der Waals surface area (Å²) >= 11 is 0. The van der Waals surface area contributed by atoms with Gasteiger partial charge in [0.1, 0.15) is 6.04 Å². The van der Waals surface area contributed by atoms with Crippen molar-refractivity contribution in [3.63, 3.8) is 0 Å². The van der Waals surface area contributed by atoms with Crippen molar-refractivity contribution < 1.29 is 18.0 Å². The van der Waals surface area contributed by atoms with Crippen molar-refractivity contribution in [3.8, 4) is 6.07 Å². The third-order valence-electron chi connectivity index (χ3n) is 7.47. The number of rotatable bonds is 7. The average molecular weight is 488 g/mol. The van der Waals surface area contributed by atoms with Crippen molar-refractivity contribution in [2.75, 3.05) is 33.7 Å². The number of amides is 2. The molecule has 0 spiro atoms. The van der Waals surface area contributed by atoms with Crippen LogP contribution in [0.2, 0.25) is 0 Å². The van der Waals surface area contributed by atoms with Crippen LogP contribution < -0.4 is 0 Å². The van der Waals surface area contributed by atoms with E-state index in [1.165, 1.54) is 18.4 Å². The van der Waals surface area contributed by atoms with E-state index < -0.39 is 10.0 Å².